The molecule has 0 saturated carbocycles. The molecule has 0 fully saturated rings. The Labute approximate surface area is 99.5 Å². The Kier molecular flexibility index (Phi) is 1.28. The molecule has 2 heteroatoms. The minimum atomic E-state index is -0.311. The molecule has 1 aliphatic rings. The predicted octanol–water partition coefficient (Wildman–Crippen LogP) is 3.17. The Morgan fingerprint density at radius 2 is 1.94 bits per heavy atom. The first-order chi connectivity index (χ1) is 9.50. The highest BCUT2D eigenvalue weighted by Crippen LogP contribution is 2.29. The van der Waals surface area contributed by atoms with E-state index in [1.807, 2.05) is 0 Å². The number of anilines is 2. The third-order valence-corrected chi connectivity index (χ3v) is 2.59. The van der Waals surface area contributed by atoms with Crippen molar-refractivity contribution in [3.8, 4) is 0 Å². The largest absolute Gasteiger partial charge is 0.355 e. The van der Waals surface area contributed by atoms with Crippen LogP contribution in [-0.2, 0) is 6.42 Å². The molecule has 0 spiro atoms. The molecule has 2 aromatic rings. The molecule has 3 rings (SSSR count). The Hall–Kier alpha value is -2.09. The van der Waals surface area contributed by atoms with E-state index in [4.69, 9.17) is 5.48 Å². The highest BCUT2D eigenvalue weighted by atomic mass is 16.1. The molecule has 1 heterocycles. The lowest BCUT2D eigenvalue weighted by Gasteiger charge is -2.07. The van der Waals surface area contributed by atoms with Gasteiger partial charge in [-0.05, 0) is 23.7 Å². The summed E-state index contributed by atoms with van der Waals surface area (Å²) in [6.07, 6.45) is -0.0315. The highest BCUT2D eigenvalue weighted by Gasteiger charge is 2.17. The zero-order valence-electron chi connectivity index (χ0n) is 12.4. The Bertz CT molecular complexity index is 742. The first-order valence-electron chi connectivity index (χ1n) is 6.99. The number of Topliss-reactive ketones (excluding diaryl/α,β-unsaturated/α-hetero) is 1. The Morgan fingerprint density at radius 3 is 2.88 bits per heavy atom. The molecule has 0 aliphatic carbocycles. The number of rotatable bonds is 0. The molecule has 2 nitrogen and oxygen atoms in total. The van der Waals surface area contributed by atoms with Gasteiger partial charge in [-0.3, -0.25) is 4.79 Å². The van der Waals surface area contributed by atoms with E-state index >= 15 is 0 Å². The van der Waals surface area contributed by atoms with Crippen LogP contribution in [0, 0.1) is 0 Å². The molecule has 0 saturated heterocycles. The second kappa shape index (κ2) is 3.49. The molecular formula is C14H11NO. The second-order valence-corrected chi connectivity index (χ2v) is 3.62. The van der Waals surface area contributed by atoms with Gasteiger partial charge in [-0.25, -0.2) is 0 Å². The van der Waals surface area contributed by atoms with Gasteiger partial charge >= 0.3 is 0 Å². The SMILES string of the molecule is [2H]c1c([2H])c([2H])c2c(c1[2H])CC(=O)c1ccccc1N2. The van der Waals surface area contributed by atoms with Crippen molar-refractivity contribution in [2.75, 3.05) is 5.32 Å². The minimum absolute atomic E-state index is 0.0315. The van der Waals surface area contributed by atoms with Crippen molar-refractivity contribution in [2.45, 2.75) is 6.42 Å². The van der Waals surface area contributed by atoms with Crippen LogP contribution in [0.25, 0.3) is 0 Å². The van der Waals surface area contributed by atoms with E-state index in [2.05, 4.69) is 5.32 Å². The molecule has 0 aromatic heterocycles. The number of fused-ring (bicyclic) bond motifs is 2. The first kappa shape index (κ1) is 5.85. The van der Waals surface area contributed by atoms with Gasteiger partial charge in [0.25, 0.3) is 0 Å². The summed E-state index contributed by atoms with van der Waals surface area (Å²) in [4.78, 5) is 12.2. The maximum Gasteiger partial charge on any atom is 0.169 e. The van der Waals surface area contributed by atoms with E-state index < -0.39 is 0 Å². The molecule has 0 atom stereocenters. The van der Waals surface area contributed by atoms with Crippen LogP contribution in [0.15, 0.2) is 48.4 Å². The van der Waals surface area contributed by atoms with Crippen molar-refractivity contribution in [3.05, 3.63) is 59.6 Å². The lowest BCUT2D eigenvalue weighted by Crippen LogP contribution is -2.01. The molecule has 0 bridgehead atoms. The van der Waals surface area contributed by atoms with Crippen LogP contribution in [-0.4, -0.2) is 5.78 Å². The molecule has 0 amide bonds. The van der Waals surface area contributed by atoms with Crippen LogP contribution in [0.1, 0.15) is 21.4 Å². The lowest BCUT2D eigenvalue weighted by molar-refractivity contribution is 0.0994. The molecule has 0 radical (unpaired) electrons. The van der Waals surface area contributed by atoms with Crippen LogP contribution in [0.5, 0.6) is 0 Å². The summed E-state index contributed by atoms with van der Waals surface area (Å²) < 4.78 is 31.3. The van der Waals surface area contributed by atoms with Gasteiger partial charge in [0.15, 0.2) is 5.78 Å². The van der Waals surface area contributed by atoms with Crippen LogP contribution in [0.2, 0.25) is 0 Å². The van der Waals surface area contributed by atoms with E-state index in [0.29, 0.717) is 16.8 Å². The molecule has 0 unspecified atom stereocenters. The van der Waals surface area contributed by atoms with Crippen LogP contribution >= 0.6 is 0 Å². The molecule has 1 aliphatic heterocycles. The van der Waals surface area contributed by atoms with Crippen molar-refractivity contribution in [3.63, 3.8) is 0 Å². The van der Waals surface area contributed by atoms with Gasteiger partial charge in [-0.15, -0.1) is 0 Å². The Balaban J connectivity index is 2.30. The van der Waals surface area contributed by atoms with Gasteiger partial charge in [0.1, 0.15) is 0 Å². The monoisotopic (exact) mass is 213 g/mol. The van der Waals surface area contributed by atoms with Crippen LogP contribution in [0.4, 0.5) is 11.4 Å². The summed E-state index contributed by atoms with van der Waals surface area (Å²) in [5, 5.41) is 2.98. The minimum Gasteiger partial charge on any atom is -0.355 e. The van der Waals surface area contributed by atoms with Gasteiger partial charge < -0.3 is 5.32 Å². The second-order valence-electron chi connectivity index (χ2n) is 3.62. The van der Waals surface area contributed by atoms with Crippen molar-refractivity contribution in [2.24, 2.45) is 0 Å². The van der Waals surface area contributed by atoms with Gasteiger partial charge in [0.05, 0.1) is 5.48 Å². The fourth-order valence-corrected chi connectivity index (χ4v) is 1.80. The smallest absolute Gasteiger partial charge is 0.169 e. The average molecular weight is 213 g/mol. The van der Waals surface area contributed by atoms with Gasteiger partial charge in [0.2, 0.25) is 0 Å². The van der Waals surface area contributed by atoms with Crippen molar-refractivity contribution in [1.82, 2.24) is 0 Å². The average Bonchev–Trinajstić information content (AvgIpc) is 2.60. The highest BCUT2D eigenvalue weighted by molar-refractivity contribution is 6.05. The van der Waals surface area contributed by atoms with Crippen molar-refractivity contribution in [1.29, 1.82) is 0 Å². The van der Waals surface area contributed by atoms with E-state index in [1.54, 1.807) is 24.3 Å². The molecule has 16 heavy (non-hydrogen) atoms. The zero-order chi connectivity index (χ0) is 14.4. The van der Waals surface area contributed by atoms with Crippen molar-refractivity contribution < 1.29 is 10.3 Å². The lowest BCUT2D eigenvalue weighted by atomic mass is 10.0. The van der Waals surface area contributed by atoms with E-state index in [1.165, 1.54) is 0 Å². The standard InChI is InChI=1S/C14H11NO/c16-14-9-10-5-1-3-7-12(10)15-13-8-4-2-6-11(13)14/h1-8,15H,9H2/i1D,3D,5D,7D. The number of para-hydroxylation sites is 2. The normalized spacial score (nSPS) is 16.9. The van der Waals surface area contributed by atoms with Gasteiger partial charge in [0, 0.05) is 23.4 Å². The summed E-state index contributed by atoms with van der Waals surface area (Å²) >= 11 is 0. The van der Waals surface area contributed by atoms with Crippen molar-refractivity contribution >= 4 is 17.2 Å². The number of carbonyl (C=O) groups excluding carboxylic acids is 1. The van der Waals surface area contributed by atoms with Crippen LogP contribution in [0.3, 0.4) is 0 Å². The molecule has 78 valence electrons. The summed E-state index contributed by atoms with van der Waals surface area (Å²) in [7, 11) is 0. The predicted molar refractivity (Wildman–Crippen MR) is 64.2 cm³/mol. The maximum absolute atomic E-state index is 12.2. The fourth-order valence-electron chi connectivity index (χ4n) is 1.80. The topological polar surface area (TPSA) is 29.1 Å². The molecule has 1 N–H and O–H groups in total. The fraction of sp³-hybridized carbons (Fsp3) is 0.0714. The summed E-state index contributed by atoms with van der Waals surface area (Å²) in [6, 6.07) is 6.03. The molecule has 2 aromatic carbocycles. The van der Waals surface area contributed by atoms with Crippen LogP contribution < -0.4 is 5.32 Å². The number of hydrogen-bond acceptors (Lipinski definition) is 2. The summed E-state index contributed by atoms with van der Waals surface area (Å²) in [5.74, 6) is -0.156. The number of nitrogens with one attached hydrogen (secondary N) is 1. The number of ketones is 1. The molecular weight excluding hydrogens is 198 g/mol. The van der Waals surface area contributed by atoms with E-state index in [0.717, 1.165) is 0 Å². The first-order valence-corrected chi connectivity index (χ1v) is 4.99. The van der Waals surface area contributed by atoms with Gasteiger partial charge in [-0.1, -0.05) is 30.3 Å². The van der Waals surface area contributed by atoms with E-state index in [-0.39, 0.29) is 42.1 Å². The zero-order valence-corrected chi connectivity index (χ0v) is 8.42. The third-order valence-electron chi connectivity index (χ3n) is 2.59. The summed E-state index contributed by atoms with van der Waals surface area (Å²) in [6.45, 7) is 0. The maximum atomic E-state index is 12.2. The van der Waals surface area contributed by atoms with E-state index in [9.17, 15) is 4.79 Å². The summed E-state index contributed by atoms with van der Waals surface area (Å²) in [5.41, 5.74) is 1.67. The number of carbonyl (C=O) groups is 1. The Morgan fingerprint density at radius 1 is 1.12 bits per heavy atom. The van der Waals surface area contributed by atoms with Gasteiger partial charge in [-0.2, -0.15) is 0 Å². The number of benzene rings is 2. The number of hydrogen-bond donors (Lipinski definition) is 1. The quantitative estimate of drug-likeness (QED) is 0.728. The third kappa shape index (κ3) is 1.39.